The molecule has 182 valence electrons. The van der Waals surface area contributed by atoms with Crippen molar-refractivity contribution in [2.45, 2.75) is 44.6 Å². The molecule has 35 heavy (non-hydrogen) atoms. The molecule has 3 aromatic rings. The number of carbonyl (C=O) groups excluding carboxylic acids is 2. The number of nitrogens with one attached hydrogen (secondary N) is 1. The van der Waals surface area contributed by atoms with Gasteiger partial charge in [0.15, 0.2) is 0 Å². The van der Waals surface area contributed by atoms with Gasteiger partial charge in [-0.15, -0.1) is 0 Å². The van der Waals surface area contributed by atoms with Crippen molar-refractivity contribution in [3.05, 3.63) is 87.7 Å². The number of hydrogen-bond donors (Lipinski definition) is 2. The van der Waals surface area contributed by atoms with Gasteiger partial charge in [-0.2, -0.15) is 0 Å². The van der Waals surface area contributed by atoms with Crippen LogP contribution in [0.5, 0.6) is 0 Å². The van der Waals surface area contributed by atoms with Crippen molar-refractivity contribution in [2.24, 2.45) is 0 Å². The van der Waals surface area contributed by atoms with Gasteiger partial charge in [0.1, 0.15) is 0 Å². The summed E-state index contributed by atoms with van der Waals surface area (Å²) in [6.45, 7) is 7.74. The lowest BCUT2D eigenvalue weighted by molar-refractivity contribution is -0.905. The molecule has 8 nitrogen and oxygen atoms in total. The predicted octanol–water partition coefficient (Wildman–Crippen LogP) is 4.07. The zero-order valence-electron chi connectivity index (χ0n) is 19.7. The molecular weight excluding hydrogens is 490 g/mol. The summed E-state index contributed by atoms with van der Waals surface area (Å²) in [4.78, 5) is 27.4. The Morgan fingerprint density at radius 3 is 2.26 bits per heavy atom. The van der Waals surface area contributed by atoms with Gasteiger partial charge >= 0.3 is 0 Å². The third-order valence-corrected chi connectivity index (χ3v) is 7.64. The van der Waals surface area contributed by atoms with Crippen LogP contribution in [0, 0.1) is 6.92 Å². The molecular formula is C25H25ClN3O5S+. The van der Waals surface area contributed by atoms with Gasteiger partial charge in [-0.25, -0.2) is 8.42 Å². The Hall–Kier alpha value is -3.43. The lowest BCUT2D eigenvalue weighted by Gasteiger charge is -2.19. The summed E-state index contributed by atoms with van der Waals surface area (Å²) >= 11 is 6.25. The molecule has 0 radical (unpaired) electrons. The minimum Gasteiger partial charge on any atom is -0.285 e. The number of carbonyl (C=O) groups is 2. The molecule has 0 saturated carbocycles. The molecule has 0 aliphatic carbocycles. The Morgan fingerprint density at radius 2 is 1.63 bits per heavy atom. The molecule has 0 bridgehead atoms. The van der Waals surface area contributed by atoms with Crippen molar-refractivity contribution in [3.8, 4) is 0 Å². The zero-order chi connectivity index (χ0) is 25.7. The van der Waals surface area contributed by atoms with Gasteiger partial charge in [0, 0.05) is 16.4 Å². The fourth-order valence-corrected chi connectivity index (χ4v) is 5.18. The number of fused-ring (bicyclic) bond motifs is 1. The number of amides is 2. The van der Waals surface area contributed by atoms with Crippen molar-refractivity contribution < 1.29 is 27.9 Å². The van der Waals surface area contributed by atoms with Crippen molar-refractivity contribution in [3.63, 3.8) is 0 Å². The third-order valence-electron chi connectivity index (χ3n) is 5.95. The minimum atomic E-state index is -4.05. The molecule has 1 aliphatic rings. The van der Waals surface area contributed by atoms with Crippen LogP contribution in [0.2, 0.25) is 5.02 Å². The summed E-state index contributed by atoms with van der Waals surface area (Å²) in [6.07, 6.45) is 2.82. The molecule has 1 aliphatic heterocycles. The molecule has 0 unspecified atom stereocenters. The molecule has 10 heteroatoms. The molecule has 2 amide bonds. The van der Waals surface area contributed by atoms with E-state index in [1.54, 1.807) is 25.1 Å². The van der Waals surface area contributed by atoms with E-state index in [-0.39, 0.29) is 38.7 Å². The molecule has 0 atom stereocenters. The van der Waals surface area contributed by atoms with E-state index in [9.17, 15) is 23.2 Å². The predicted molar refractivity (Wildman–Crippen MR) is 130 cm³/mol. The van der Waals surface area contributed by atoms with Gasteiger partial charge in [-0.05, 0) is 47.7 Å². The molecule has 1 aromatic heterocycles. The van der Waals surface area contributed by atoms with Gasteiger partial charge in [-0.3, -0.25) is 24.4 Å². The largest absolute Gasteiger partial charge is 0.285 e. The van der Waals surface area contributed by atoms with Crippen molar-refractivity contribution in [1.29, 1.82) is 0 Å². The van der Waals surface area contributed by atoms with E-state index >= 15 is 0 Å². The molecule has 4 rings (SSSR count). The quantitative estimate of drug-likeness (QED) is 0.303. The molecule has 2 aromatic carbocycles. The maximum absolute atomic E-state index is 13.3. The van der Waals surface area contributed by atoms with Crippen LogP contribution < -0.4 is 9.45 Å². The first-order valence-corrected chi connectivity index (χ1v) is 12.7. The van der Waals surface area contributed by atoms with E-state index in [1.807, 2.05) is 20.8 Å². The smallest absolute Gasteiger partial charge is 0.264 e. The normalized spacial score (nSPS) is 13.8. The molecule has 2 N–H and O–H groups in total. The second-order valence-corrected chi connectivity index (χ2v) is 11.5. The maximum Gasteiger partial charge on any atom is 0.264 e. The highest BCUT2D eigenvalue weighted by Gasteiger charge is 2.40. The topological polar surface area (TPSA) is 108 Å². The highest BCUT2D eigenvalue weighted by Crippen LogP contribution is 2.36. The average Bonchev–Trinajstić information content (AvgIpc) is 3.03. The number of rotatable bonds is 5. The number of benzene rings is 2. The van der Waals surface area contributed by atoms with Crippen molar-refractivity contribution >= 4 is 39.1 Å². The van der Waals surface area contributed by atoms with E-state index in [0.717, 1.165) is 20.8 Å². The number of aromatic nitrogens is 1. The Balaban J connectivity index is 1.69. The van der Waals surface area contributed by atoms with Crippen LogP contribution in [0.4, 0.5) is 5.69 Å². The fourth-order valence-electron chi connectivity index (χ4n) is 3.87. The summed E-state index contributed by atoms with van der Waals surface area (Å²) in [5, 5.41) is 9.77. The summed E-state index contributed by atoms with van der Waals surface area (Å²) in [7, 11) is -4.05. The van der Waals surface area contributed by atoms with E-state index < -0.39 is 21.8 Å². The first-order chi connectivity index (χ1) is 16.3. The van der Waals surface area contributed by atoms with Crippen LogP contribution in [-0.2, 0) is 22.0 Å². The molecule has 0 saturated heterocycles. The van der Waals surface area contributed by atoms with E-state index in [1.165, 1.54) is 36.7 Å². The number of sulfonamides is 1. The summed E-state index contributed by atoms with van der Waals surface area (Å²) in [6, 6.07) is 10.9. The van der Waals surface area contributed by atoms with Crippen LogP contribution in [-0.4, -0.2) is 30.3 Å². The number of pyridine rings is 1. The number of imide groups is 1. The Bertz CT molecular complexity index is 1460. The molecule has 0 fully saturated rings. The van der Waals surface area contributed by atoms with E-state index in [2.05, 4.69) is 4.72 Å². The third kappa shape index (κ3) is 4.61. The standard InChI is InChI=1S/C25H24ClN3O5S/c1-15-11-12-28(32)13-16(15)14-29-23(30)21-19(26)9-10-20(22(21)24(29)31)27-35(33,34)18-7-5-17(6-8-18)25(2,3)4/h5-13H,14H2,1-4H3,(H-,27,31,32)/p+1. The second-order valence-electron chi connectivity index (χ2n) is 9.45. The van der Waals surface area contributed by atoms with E-state index in [4.69, 9.17) is 11.6 Å². The van der Waals surface area contributed by atoms with Crippen LogP contribution >= 0.6 is 11.6 Å². The van der Waals surface area contributed by atoms with Gasteiger partial charge in [0.05, 0.1) is 33.3 Å². The number of nitrogens with zero attached hydrogens (tertiary/aromatic N) is 2. The van der Waals surface area contributed by atoms with Crippen LogP contribution in [0.1, 0.15) is 58.2 Å². The zero-order valence-corrected chi connectivity index (χ0v) is 21.2. The van der Waals surface area contributed by atoms with Crippen molar-refractivity contribution in [1.82, 2.24) is 4.90 Å². The lowest BCUT2D eigenvalue weighted by Crippen LogP contribution is -2.33. The second kappa shape index (κ2) is 8.66. The van der Waals surface area contributed by atoms with Gasteiger partial charge < -0.3 is 0 Å². The van der Waals surface area contributed by atoms with Crippen LogP contribution in [0.3, 0.4) is 0 Å². The summed E-state index contributed by atoms with van der Waals surface area (Å²) in [5.41, 5.74) is 1.93. The number of aryl methyl sites for hydroxylation is 1. The Kier molecular flexibility index (Phi) is 6.11. The first kappa shape index (κ1) is 24.7. The van der Waals surface area contributed by atoms with Gasteiger partial charge in [-0.1, -0.05) is 44.5 Å². The molecule has 0 spiro atoms. The Morgan fingerprint density at radius 1 is 1.00 bits per heavy atom. The van der Waals surface area contributed by atoms with Gasteiger partial charge in [0.25, 0.3) is 21.8 Å². The minimum absolute atomic E-state index is 0.0234. The monoisotopic (exact) mass is 514 g/mol. The highest BCUT2D eigenvalue weighted by molar-refractivity contribution is 7.92. The summed E-state index contributed by atoms with van der Waals surface area (Å²) < 4.78 is 29.5. The van der Waals surface area contributed by atoms with Crippen LogP contribution in [0.25, 0.3) is 0 Å². The number of anilines is 1. The molecule has 2 heterocycles. The lowest BCUT2D eigenvalue weighted by atomic mass is 9.87. The first-order valence-electron chi connectivity index (χ1n) is 10.8. The Labute approximate surface area is 208 Å². The van der Waals surface area contributed by atoms with E-state index in [0.29, 0.717) is 5.56 Å². The van der Waals surface area contributed by atoms with Gasteiger partial charge in [0.2, 0.25) is 12.4 Å². The van der Waals surface area contributed by atoms with Crippen molar-refractivity contribution in [2.75, 3.05) is 4.72 Å². The maximum atomic E-state index is 13.3. The summed E-state index contributed by atoms with van der Waals surface area (Å²) in [5.74, 6) is -1.32. The number of hydrogen-bond acceptors (Lipinski definition) is 5. The average molecular weight is 515 g/mol. The highest BCUT2D eigenvalue weighted by atomic mass is 35.5. The SMILES string of the molecule is Cc1cc[n+](O)cc1CN1C(=O)c2c(Cl)ccc(NS(=O)(=O)c3ccc(C(C)(C)C)cc3)c2C1=O. The van der Waals surface area contributed by atoms with Crippen LogP contribution in [0.15, 0.2) is 59.8 Å². The fraction of sp³-hybridized carbons (Fsp3) is 0.240. The number of halogens is 1.